The molecule has 1 unspecified atom stereocenters. The van der Waals surface area contributed by atoms with Gasteiger partial charge >= 0.3 is 0 Å². The average Bonchev–Trinajstić information content (AvgIpc) is 2.48. The zero-order valence-corrected chi connectivity index (χ0v) is 12.3. The van der Waals surface area contributed by atoms with E-state index in [9.17, 15) is 0 Å². The van der Waals surface area contributed by atoms with E-state index in [1.165, 1.54) is 6.33 Å². The fraction of sp³-hybridized carbons (Fsp3) is 0.286. The zero-order chi connectivity index (χ0) is 14.5. The number of anilines is 1. The summed E-state index contributed by atoms with van der Waals surface area (Å²) in [4.78, 5) is 7.97. The van der Waals surface area contributed by atoms with Crippen LogP contribution in [0.1, 0.15) is 18.5 Å². The first-order chi connectivity index (χ1) is 9.65. The molecule has 2 aromatic rings. The van der Waals surface area contributed by atoms with Crippen molar-refractivity contribution in [2.45, 2.75) is 13.0 Å². The number of benzene rings is 1. The molecular weight excluding hydrogens is 278 g/mol. The van der Waals surface area contributed by atoms with Crippen LogP contribution < -0.4 is 14.8 Å². The van der Waals surface area contributed by atoms with Crippen LogP contribution in [-0.2, 0) is 0 Å². The van der Waals surface area contributed by atoms with Crippen molar-refractivity contribution < 1.29 is 9.47 Å². The molecule has 0 spiro atoms. The zero-order valence-electron chi connectivity index (χ0n) is 11.6. The van der Waals surface area contributed by atoms with E-state index in [-0.39, 0.29) is 6.04 Å². The van der Waals surface area contributed by atoms with Crippen LogP contribution in [0, 0.1) is 0 Å². The van der Waals surface area contributed by atoms with E-state index in [0.29, 0.717) is 22.3 Å². The third kappa shape index (κ3) is 3.11. The molecule has 1 aromatic heterocycles. The van der Waals surface area contributed by atoms with Crippen molar-refractivity contribution in [1.29, 1.82) is 0 Å². The molecule has 0 radical (unpaired) electrons. The molecule has 0 aliphatic rings. The minimum atomic E-state index is 0.0159. The van der Waals surface area contributed by atoms with Gasteiger partial charge in [-0.3, -0.25) is 0 Å². The second-order valence-electron chi connectivity index (χ2n) is 4.20. The van der Waals surface area contributed by atoms with Crippen LogP contribution in [0.3, 0.4) is 0 Å². The number of ether oxygens (including phenoxy) is 2. The van der Waals surface area contributed by atoms with E-state index in [2.05, 4.69) is 15.3 Å². The first-order valence-electron chi connectivity index (χ1n) is 6.09. The summed E-state index contributed by atoms with van der Waals surface area (Å²) in [6.45, 7) is 2.01. The Morgan fingerprint density at radius 2 is 1.95 bits per heavy atom. The van der Waals surface area contributed by atoms with Crippen LogP contribution in [-0.4, -0.2) is 24.2 Å². The molecule has 6 heteroatoms. The topological polar surface area (TPSA) is 56.3 Å². The molecule has 0 fully saturated rings. The van der Waals surface area contributed by atoms with E-state index >= 15 is 0 Å². The van der Waals surface area contributed by atoms with Crippen molar-refractivity contribution in [3.63, 3.8) is 0 Å². The Kier molecular flexibility index (Phi) is 4.63. The number of nitrogens with one attached hydrogen (secondary N) is 1. The maximum absolute atomic E-state index is 6.03. The molecule has 106 valence electrons. The van der Waals surface area contributed by atoms with Crippen LogP contribution in [0.5, 0.6) is 11.5 Å². The first kappa shape index (κ1) is 14.4. The fourth-order valence-corrected chi connectivity index (χ4v) is 1.99. The van der Waals surface area contributed by atoms with E-state index in [4.69, 9.17) is 21.1 Å². The number of rotatable bonds is 5. The number of halogens is 1. The summed E-state index contributed by atoms with van der Waals surface area (Å²) >= 11 is 6.03. The largest absolute Gasteiger partial charge is 0.493 e. The van der Waals surface area contributed by atoms with Gasteiger partial charge in [-0.25, -0.2) is 9.97 Å². The highest BCUT2D eigenvalue weighted by Crippen LogP contribution is 2.31. The van der Waals surface area contributed by atoms with Gasteiger partial charge in [0, 0.05) is 0 Å². The maximum Gasteiger partial charge on any atom is 0.161 e. The number of methoxy groups -OCH3 is 2. The van der Waals surface area contributed by atoms with Crippen molar-refractivity contribution >= 4 is 17.4 Å². The number of hydrogen-bond donors (Lipinski definition) is 1. The summed E-state index contributed by atoms with van der Waals surface area (Å²) < 4.78 is 10.5. The highest BCUT2D eigenvalue weighted by atomic mass is 35.5. The standard InChI is InChI=1S/C14H16ClN3O2/c1-9(18-14-11(15)7-16-8-17-14)10-4-5-12(19-2)13(6-10)20-3/h4-9H,1-3H3,(H,16,17,18). The summed E-state index contributed by atoms with van der Waals surface area (Å²) in [5.41, 5.74) is 1.04. The number of aromatic nitrogens is 2. The van der Waals surface area contributed by atoms with Gasteiger partial charge in [0.15, 0.2) is 11.5 Å². The summed E-state index contributed by atoms with van der Waals surface area (Å²) in [7, 11) is 3.22. The summed E-state index contributed by atoms with van der Waals surface area (Å²) in [5.74, 6) is 1.99. The van der Waals surface area contributed by atoms with Crippen molar-refractivity contribution in [3.8, 4) is 11.5 Å². The Morgan fingerprint density at radius 3 is 2.60 bits per heavy atom. The van der Waals surface area contributed by atoms with Gasteiger partial charge in [-0.05, 0) is 24.6 Å². The lowest BCUT2D eigenvalue weighted by Crippen LogP contribution is -2.09. The minimum absolute atomic E-state index is 0.0159. The Hall–Kier alpha value is -2.01. The lowest BCUT2D eigenvalue weighted by atomic mass is 10.1. The number of nitrogens with zero attached hydrogens (tertiary/aromatic N) is 2. The van der Waals surface area contributed by atoms with Crippen molar-refractivity contribution in [2.75, 3.05) is 19.5 Å². The smallest absolute Gasteiger partial charge is 0.161 e. The second kappa shape index (κ2) is 6.43. The van der Waals surface area contributed by atoms with E-state index in [1.54, 1.807) is 20.4 Å². The molecule has 0 amide bonds. The SMILES string of the molecule is COc1ccc(C(C)Nc2ncncc2Cl)cc1OC. The molecule has 5 nitrogen and oxygen atoms in total. The molecule has 1 aromatic carbocycles. The summed E-state index contributed by atoms with van der Waals surface area (Å²) in [5, 5.41) is 3.72. The Morgan fingerprint density at radius 1 is 1.20 bits per heavy atom. The first-order valence-corrected chi connectivity index (χ1v) is 6.47. The minimum Gasteiger partial charge on any atom is -0.493 e. The molecule has 2 rings (SSSR count). The molecule has 0 bridgehead atoms. The van der Waals surface area contributed by atoms with E-state index < -0.39 is 0 Å². The lowest BCUT2D eigenvalue weighted by Gasteiger charge is -2.17. The monoisotopic (exact) mass is 293 g/mol. The van der Waals surface area contributed by atoms with Gasteiger partial charge in [0.05, 0.1) is 26.5 Å². The van der Waals surface area contributed by atoms with Crippen LogP contribution in [0.4, 0.5) is 5.82 Å². The average molecular weight is 294 g/mol. The van der Waals surface area contributed by atoms with E-state index in [0.717, 1.165) is 5.56 Å². The highest BCUT2D eigenvalue weighted by Gasteiger charge is 2.12. The van der Waals surface area contributed by atoms with Gasteiger partial charge in [-0.15, -0.1) is 0 Å². The van der Waals surface area contributed by atoms with Crippen LogP contribution in [0.15, 0.2) is 30.7 Å². The molecule has 0 aliphatic carbocycles. The fourth-order valence-electron chi connectivity index (χ4n) is 1.83. The predicted molar refractivity (Wildman–Crippen MR) is 78.6 cm³/mol. The van der Waals surface area contributed by atoms with Gasteiger partial charge in [0.25, 0.3) is 0 Å². The Bertz CT molecular complexity index is 592. The molecule has 1 atom stereocenters. The number of hydrogen-bond acceptors (Lipinski definition) is 5. The van der Waals surface area contributed by atoms with Gasteiger partial charge < -0.3 is 14.8 Å². The highest BCUT2D eigenvalue weighted by molar-refractivity contribution is 6.32. The molecule has 0 aliphatic heterocycles. The molecule has 20 heavy (non-hydrogen) atoms. The summed E-state index contributed by atoms with van der Waals surface area (Å²) in [6.07, 6.45) is 3.01. The second-order valence-corrected chi connectivity index (χ2v) is 4.61. The van der Waals surface area contributed by atoms with Crippen LogP contribution in [0.2, 0.25) is 5.02 Å². The van der Waals surface area contributed by atoms with Crippen LogP contribution >= 0.6 is 11.6 Å². The maximum atomic E-state index is 6.03. The Balaban J connectivity index is 2.21. The molecular formula is C14H16ClN3O2. The van der Waals surface area contributed by atoms with Gasteiger partial charge in [0.1, 0.15) is 17.2 Å². The van der Waals surface area contributed by atoms with Crippen molar-refractivity contribution in [2.24, 2.45) is 0 Å². The molecule has 0 saturated carbocycles. The van der Waals surface area contributed by atoms with Gasteiger partial charge in [-0.2, -0.15) is 0 Å². The van der Waals surface area contributed by atoms with Gasteiger partial charge in [0.2, 0.25) is 0 Å². The lowest BCUT2D eigenvalue weighted by molar-refractivity contribution is 0.354. The molecule has 1 N–H and O–H groups in total. The third-order valence-corrected chi connectivity index (χ3v) is 3.21. The molecule has 1 heterocycles. The van der Waals surface area contributed by atoms with Crippen LogP contribution in [0.25, 0.3) is 0 Å². The quantitative estimate of drug-likeness (QED) is 0.916. The Labute approximate surface area is 122 Å². The van der Waals surface area contributed by atoms with Crippen molar-refractivity contribution in [1.82, 2.24) is 9.97 Å². The van der Waals surface area contributed by atoms with Crippen molar-refractivity contribution in [3.05, 3.63) is 41.3 Å². The van der Waals surface area contributed by atoms with Gasteiger partial charge in [-0.1, -0.05) is 17.7 Å². The van der Waals surface area contributed by atoms with E-state index in [1.807, 2.05) is 25.1 Å². The predicted octanol–water partition coefficient (Wildman–Crippen LogP) is 3.32. The normalized spacial score (nSPS) is 11.8. The third-order valence-electron chi connectivity index (χ3n) is 2.93. The summed E-state index contributed by atoms with van der Waals surface area (Å²) in [6, 6.07) is 5.77. The molecule has 0 saturated heterocycles.